The Labute approximate surface area is 141 Å². The van der Waals surface area contributed by atoms with Crippen LogP contribution in [0.2, 0.25) is 0 Å². The Morgan fingerprint density at radius 1 is 1.25 bits per heavy atom. The highest BCUT2D eigenvalue weighted by atomic mass is 16.6. The maximum absolute atomic E-state index is 12.9. The normalized spacial score (nSPS) is 12.0. The van der Waals surface area contributed by atoms with Gasteiger partial charge in [0.15, 0.2) is 0 Å². The highest BCUT2D eigenvalue weighted by Gasteiger charge is 2.28. The average Bonchev–Trinajstić information content (AvgIpc) is 2.55. The fraction of sp³-hybridized carbons (Fsp3) is 0.333. The molecule has 0 aliphatic carbocycles. The van der Waals surface area contributed by atoms with Crippen molar-refractivity contribution in [2.75, 3.05) is 7.05 Å². The molecule has 0 aliphatic heterocycles. The molecule has 2 aromatic rings. The fourth-order valence-electron chi connectivity index (χ4n) is 2.77. The number of pyridine rings is 1. The van der Waals surface area contributed by atoms with Gasteiger partial charge < -0.3 is 4.90 Å². The van der Waals surface area contributed by atoms with Gasteiger partial charge >= 0.3 is 0 Å². The molecule has 0 unspecified atom stereocenters. The minimum absolute atomic E-state index is 0.0274. The number of hydrogen-bond acceptors (Lipinski definition) is 4. The van der Waals surface area contributed by atoms with Crippen molar-refractivity contribution in [2.24, 2.45) is 5.92 Å². The number of para-hydroxylation sites is 1. The van der Waals surface area contributed by atoms with E-state index in [2.05, 4.69) is 4.98 Å². The van der Waals surface area contributed by atoms with Crippen LogP contribution in [0.5, 0.6) is 0 Å². The van der Waals surface area contributed by atoms with E-state index >= 15 is 0 Å². The Morgan fingerprint density at radius 2 is 1.96 bits per heavy atom. The van der Waals surface area contributed by atoms with Gasteiger partial charge in [-0.05, 0) is 17.5 Å². The van der Waals surface area contributed by atoms with Crippen molar-refractivity contribution in [1.29, 1.82) is 0 Å². The van der Waals surface area contributed by atoms with Crippen LogP contribution in [0.1, 0.15) is 30.9 Å². The summed E-state index contributed by atoms with van der Waals surface area (Å²) in [5.41, 5.74) is 1.40. The van der Waals surface area contributed by atoms with Crippen LogP contribution in [0.15, 0.2) is 48.8 Å². The van der Waals surface area contributed by atoms with Gasteiger partial charge in [0.25, 0.3) is 5.69 Å². The maximum atomic E-state index is 12.9. The van der Waals surface area contributed by atoms with Crippen LogP contribution in [0.3, 0.4) is 0 Å². The molecule has 1 aromatic heterocycles. The number of rotatable bonds is 6. The van der Waals surface area contributed by atoms with Crippen LogP contribution in [-0.4, -0.2) is 27.8 Å². The minimum atomic E-state index is -0.422. The molecule has 0 aliphatic rings. The molecule has 6 heteroatoms. The van der Waals surface area contributed by atoms with Gasteiger partial charge in [0.05, 0.1) is 17.4 Å². The van der Waals surface area contributed by atoms with Gasteiger partial charge in [-0.2, -0.15) is 0 Å². The lowest BCUT2D eigenvalue weighted by molar-refractivity contribution is -0.385. The van der Waals surface area contributed by atoms with Gasteiger partial charge in [-0.15, -0.1) is 0 Å². The number of benzene rings is 1. The lowest BCUT2D eigenvalue weighted by atomic mass is 9.88. The van der Waals surface area contributed by atoms with E-state index in [1.54, 1.807) is 48.6 Å². The number of aromatic nitrogens is 1. The maximum Gasteiger partial charge on any atom is 0.274 e. The molecule has 0 radical (unpaired) electrons. The van der Waals surface area contributed by atoms with Crippen molar-refractivity contribution >= 4 is 11.6 Å². The Morgan fingerprint density at radius 3 is 2.54 bits per heavy atom. The van der Waals surface area contributed by atoms with Crippen LogP contribution < -0.4 is 0 Å². The van der Waals surface area contributed by atoms with Crippen LogP contribution in [-0.2, 0) is 11.3 Å². The Kier molecular flexibility index (Phi) is 5.63. The average molecular weight is 327 g/mol. The molecule has 0 saturated carbocycles. The molecule has 1 aromatic carbocycles. The van der Waals surface area contributed by atoms with Gasteiger partial charge in [-0.3, -0.25) is 19.9 Å². The number of nitrogens with zero attached hydrogens (tertiary/aromatic N) is 3. The zero-order valence-electron chi connectivity index (χ0n) is 14.0. The van der Waals surface area contributed by atoms with Crippen molar-refractivity contribution in [1.82, 2.24) is 9.88 Å². The quantitative estimate of drug-likeness (QED) is 0.602. The molecule has 2 rings (SSSR count). The van der Waals surface area contributed by atoms with E-state index in [4.69, 9.17) is 0 Å². The first-order chi connectivity index (χ1) is 11.4. The van der Waals surface area contributed by atoms with Gasteiger partial charge in [0.2, 0.25) is 5.91 Å². The second-order valence-electron chi connectivity index (χ2n) is 6.09. The predicted molar refractivity (Wildman–Crippen MR) is 91.4 cm³/mol. The summed E-state index contributed by atoms with van der Waals surface area (Å²) in [5, 5.41) is 11.1. The van der Waals surface area contributed by atoms with E-state index in [1.165, 1.54) is 6.07 Å². The first kappa shape index (κ1) is 17.6. The summed E-state index contributed by atoms with van der Waals surface area (Å²) in [5.74, 6) is -0.308. The second kappa shape index (κ2) is 7.68. The van der Waals surface area contributed by atoms with Crippen molar-refractivity contribution in [3.05, 3.63) is 70.0 Å². The molecular weight excluding hydrogens is 306 g/mol. The third kappa shape index (κ3) is 3.95. The molecule has 24 heavy (non-hydrogen) atoms. The third-order valence-corrected chi connectivity index (χ3v) is 3.95. The first-order valence-electron chi connectivity index (χ1n) is 7.79. The molecule has 0 fully saturated rings. The lowest BCUT2D eigenvalue weighted by Gasteiger charge is -2.26. The number of carbonyl (C=O) groups is 1. The van der Waals surface area contributed by atoms with E-state index < -0.39 is 4.92 Å². The largest absolute Gasteiger partial charge is 0.341 e. The third-order valence-electron chi connectivity index (χ3n) is 3.95. The highest BCUT2D eigenvalue weighted by Crippen LogP contribution is 2.27. The number of likely N-dealkylation sites (N-methyl/N-ethyl adjacent to an activating group) is 1. The highest BCUT2D eigenvalue weighted by molar-refractivity contribution is 5.83. The van der Waals surface area contributed by atoms with Crippen molar-refractivity contribution in [3.8, 4) is 0 Å². The SMILES string of the molecule is CC(C)[C@@H](C(=O)N(C)Cc1ccccc1[N+](=O)[O-])c1cccnc1. The predicted octanol–water partition coefficient (Wildman–Crippen LogP) is 3.39. The second-order valence-corrected chi connectivity index (χ2v) is 6.09. The number of amides is 1. The molecule has 1 heterocycles. The molecule has 126 valence electrons. The summed E-state index contributed by atoms with van der Waals surface area (Å²) >= 11 is 0. The summed E-state index contributed by atoms with van der Waals surface area (Å²) < 4.78 is 0. The Balaban J connectivity index is 2.24. The molecule has 6 nitrogen and oxygen atoms in total. The monoisotopic (exact) mass is 327 g/mol. The van der Waals surface area contributed by atoms with Gasteiger partial charge in [-0.25, -0.2) is 0 Å². The summed E-state index contributed by atoms with van der Waals surface area (Å²) in [6.07, 6.45) is 3.36. The Hall–Kier alpha value is -2.76. The van der Waals surface area contributed by atoms with E-state index in [0.717, 1.165) is 5.56 Å². The summed E-state index contributed by atoms with van der Waals surface area (Å²) in [4.78, 5) is 29.2. The smallest absolute Gasteiger partial charge is 0.274 e. The minimum Gasteiger partial charge on any atom is -0.341 e. The number of hydrogen-bond donors (Lipinski definition) is 0. The number of carbonyl (C=O) groups excluding carboxylic acids is 1. The van der Waals surface area contributed by atoms with E-state index in [1.807, 2.05) is 19.9 Å². The molecule has 0 bridgehead atoms. The lowest BCUT2D eigenvalue weighted by Crippen LogP contribution is -2.33. The number of nitro groups is 1. The molecule has 0 spiro atoms. The van der Waals surface area contributed by atoms with Gasteiger partial charge in [0.1, 0.15) is 0 Å². The zero-order chi connectivity index (χ0) is 17.7. The van der Waals surface area contributed by atoms with Crippen LogP contribution >= 0.6 is 0 Å². The van der Waals surface area contributed by atoms with Crippen LogP contribution in [0.25, 0.3) is 0 Å². The summed E-state index contributed by atoms with van der Waals surface area (Å²) in [6.45, 7) is 4.15. The molecular formula is C18H21N3O3. The van der Waals surface area contributed by atoms with Crippen molar-refractivity contribution in [3.63, 3.8) is 0 Å². The van der Waals surface area contributed by atoms with E-state index in [9.17, 15) is 14.9 Å². The van der Waals surface area contributed by atoms with Gasteiger partial charge in [-0.1, -0.05) is 38.1 Å². The van der Waals surface area contributed by atoms with Gasteiger partial charge in [0, 0.05) is 31.1 Å². The van der Waals surface area contributed by atoms with Crippen molar-refractivity contribution < 1.29 is 9.72 Å². The molecule has 0 saturated heterocycles. The van der Waals surface area contributed by atoms with E-state index in [0.29, 0.717) is 5.56 Å². The fourth-order valence-corrected chi connectivity index (χ4v) is 2.77. The first-order valence-corrected chi connectivity index (χ1v) is 7.79. The summed E-state index contributed by atoms with van der Waals surface area (Å²) in [6, 6.07) is 10.2. The standard InChI is InChI=1S/C18H21N3O3/c1-13(2)17(14-8-6-10-19-11-14)18(22)20(3)12-15-7-4-5-9-16(15)21(23)24/h4-11,13,17H,12H2,1-3H3/t17-/m1/s1. The Bertz CT molecular complexity index is 716. The van der Waals surface area contributed by atoms with Crippen LogP contribution in [0.4, 0.5) is 5.69 Å². The summed E-state index contributed by atoms with van der Waals surface area (Å²) in [7, 11) is 1.67. The van der Waals surface area contributed by atoms with Crippen LogP contribution in [0, 0.1) is 16.0 Å². The molecule has 0 N–H and O–H groups in total. The topological polar surface area (TPSA) is 76.3 Å². The van der Waals surface area contributed by atoms with E-state index in [-0.39, 0.29) is 30.0 Å². The molecule has 1 amide bonds. The molecule has 1 atom stereocenters. The number of nitro benzene ring substituents is 1. The van der Waals surface area contributed by atoms with Crippen molar-refractivity contribution in [2.45, 2.75) is 26.3 Å². The zero-order valence-corrected chi connectivity index (χ0v) is 14.0.